The summed E-state index contributed by atoms with van der Waals surface area (Å²) in [6, 6.07) is 14.3. The quantitative estimate of drug-likeness (QED) is 0.649. The van der Waals surface area contributed by atoms with E-state index < -0.39 is 11.7 Å². The number of carbonyl (C=O) groups excluding carboxylic acids is 2. The van der Waals surface area contributed by atoms with Gasteiger partial charge in [0.2, 0.25) is 0 Å². The number of hydrogen-bond donors (Lipinski definition) is 1. The van der Waals surface area contributed by atoms with Crippen LogP contribution in [0.1, 0.15) is 31.1 Å². The van der Waals surface area contributed by atoms with Crippen molar-refractivity contribution in [1.29, 1.82) is 0 Å². The molecular weight excluding hydrogens is 398 g/mol. The standard InChI is InChI=1S/C19H18BrN3O3/c1-19(2,3)26-18(25)21-16-13-9-5-7-11-15(13)23(22-16)17(24)12-8-4-6-10-14(12)20/h4-11H,1-3H3,(H,21,22,25). The molecule has 1 aromatic heterocycles. The summed E-state index contributed by atoms with van der Waals surface area (Å²) in [5, 5.41) is 7.59. The van der Waals surface area contributed by atoms with Gasteiger partial charge in [0.1, 0.15) is 5.60 Å². The Labute approximate surface area is 159 Å². The van der Waals surface area contributed by atoms with Gasteiger partial charge in [0, 0.05) is 9.86 Å². The van der Waals surface area contributed by atoms with Crippen LogP contribution in [-0.2, 0) is 4.74 Å². The molecule has 0 unspecified atom stereocenters. The number of fused-ring (bicyclic) bond motifs is 1. The van der Waals surface area contributed by atoms with E-state index in [1.165, 1.54) is 4.68 Å². The number of rotatable bonds is 2. The highest BCUT2D eigenvalue weighted by molar-refractivity contribution is 9.10. The van der Waals surface area contributed by atoms with E-state index in [-0.39, 0.29) is 11.7 Å². The summed E-state index contributed by atoms with van der Waals surface area (Å²) in [6.07, 6.45) is -0.624. The third kappa shape index (κ3) is 3.77. The van der Waals surface area contributed by atoms with E-state index in [1.54, 1.807) is 51.1 Å². The van der Waals surface area contributed by atoms with Crippen molar-refractivity contribution in [2.24, 2.45) is 0 Å². The molecule has 0 radical (unpaired) electrons. The summed E-state index contributed by atoms with van der Waals surface area (Å²) in [4.78, 5) is 25.0. The Bertz CT molecular complexity index is 989. The van der Waals surface area contributed by atoms with Crippen molar-refractivity contribution in [3.63, 3.8) is 0 Å². The van der Waals surface area contributed by atoms with Gasteiger partial charge in [0.05, 0.1) is 11.1 Å². The SMILES string of the molecule is CC(C)(C)OC(=O)Nc1nn(C(=O)c2ccccc2Br)c2ccccc12. The molecule has 3 aromatic rings. The van der Waals surface area contributed by atoms with Crippen molar-refractivity contribution < 1.29 is 14.3 Å². The number of carbonyl (C=O) groups is 2. The molecule has 0 aliphatic rings. The molecule has 0 saturated carbocycles. The molecule has 0 atom stereocenters. The van der Waals surface area contributed by atoms with Gasteiger partial charge in [-0.25, -0.2) is 4.79 Å². The number of anilines is 1. The van der Waals surface area contributed by atoms with Crippen LogP contribution in [0, 0.1) is 0 Å². The Morgan fingerprint density at radius 1 is 1.08 bits per heavy atom. The molecule has 1 heterocycles. The monoisotopic (exact) mass is 415 g/mol. The Morgan fingerprint density at radius 3 is 2.42 bits per heavy atom. The maximum absolute atomic E-state index is 12.9. The molecule has 0 bridgehead atoms. The third-order valence-corrected chi connectivity index (χ3v) is 4.19. The Balaban J connectivity index is 2.02. The maximum atomic E-state index is 12.9. The Morgan fingerprint density at radius 2 is 1.73 bits per heavy atom. The first kappa shape index (κ1) is 18.1. The van der Waals surface area contributed by atoms with Gasteiger partial charge in [-0.15, -0.1) is 5.10 Å². The van der Waals surface area contributed by atoms with Crippen LogP contribution in [-0.4, -0.2) is 27.4 Å². The van der Waals surface area contributed by atoms with E-state index in [9.17, 15) is 9.59 Å². The lowest BCUT2D eigenvalue weighted by Crippen LogP contribution is -2.27. The van der Waals surface area contributed by atoms with Gasteiger partial charge in [-0.05, 0) is 61.0 Å². The topological polar surface area (TPSA) is 73.2 Å². The van der Waals surface area contributed by atoms with Gasteiger partial charge >= 0.3 is 6.09 Å². The van der Waals surface area contributed by atoms with Gasteiger partial charge < -0.3 is 4.74 Å². The molecule has 7 heteroatoms. The van der Waals surface area contributed by atoms with E-state index in [0.29, 0.717) is 20.9 Å². The minimum Gasteiger partial charge on any atom is -0.444 e. The van der Waals surface area contributed by atoms with Gasteiger partial charge in [0.15, 0.2) is 5.82 Å². The second-order valence-corrected chi connectivity index (χ2v) is 7.54. The van der Waals surface area contributed by atoms with Crippen LogP contribution in [0.3, 0.4) is 0 Å². The summed E-state index contributed by atoms with van der Waals surface area (Å²) >= 11 is 3.39. The number of para-hydroxylation sites is 1. The maximum Gasteiger partial charge on any atom is 0.413 e. The molecule has 0 saturated heterocycles. The van der Waals surface area contributed by atoms with Crippen LogP contribution in [0.5, 0.6) is 0 Å². The first-order valence-electron chi connectivity index (χ1n) is 8.03. The van der Waals surface area contributed by atoms with E-state index in [4.69, 9.17) is 4.74 Å². The first-order valence-corrected chi connectivity index (χ1v) is 8.82. The second kappa shape index (κ2) is 6.92. The van der Waals surface area contributed by atoms with E-state index >= 15 is 0 Å². The van der Waals surface area contributed by atoms with Crippen LogP contribution >= 0.6 is 15.9 Å². The predicted octanol–water partition coefficient (Wildman–Crippen LogP) is 4.83. The number of nitrogens with one attached hydrogen (secondary N) is 1. The fraction of sp³-hybridized carbons (Fsp3) is 0.211. The molecular formula is C19H18BrN3O3. The van der Waals surface area contributed by atoms with E-state index in [0.717, 1.165) is 0 Å². The molecule has 0 aliphatic carbocycles. The van der Waals surface area contributed by atoms with Crippen molar-refractivity contribution in [1.82, 2.24) is 9.78 Å². The number of amides is 1. The summed E-state index contributed by atoms with van der Waals surface area (Å²) in [5.74, 6) is -0.0267. The molecule has 1 N–H and O–H groups in total. The number of ether oxygens (including phenoxy) is 1. The summed E-state index contributed by atoms with van der Waals surface area (Å²) in [6.45, 7) is 5.33. The fourth-order valence-corrected chi connectivity index (χ4v) is 2.92. The molecule has 0 fully saturated rings. The number of nitrogens with zero attached hydrogens (tertiary/aromatic N) is 2. The van der Waals surface area contributed by atoms with Crippen molar-refractivity contribution >= 4 is 44.7 Å². The minimum absolute atomic E-state index is 0.273. The highest BCUT2D eigenvalue weighted by atomic mass is 79.9. The number of aromatic nitrogens is 2. The van der Waals surface area contributed by atoms with E-state index in [1.807, 2.05) is 18.2 Å². The first-order chi connectivity index (χ1) is 12.3. The normalized spacial score (nSPS) is 11.4. The fourth-order valence-electron chi connectivity index (χ4n) is 2.46. The van der Waals surface area contributed by atoms with Crippen LogP contribution in [0.25, 0.3) is 10.9 Å². The lowest BCUT2D eigenvalue weighted by Gasteiger charge is -2.19. The number of benzene rings is 2. The molecule has 1 amide bonds. The zero-order chi connectivity index (χ0) is 18.9. The molecule has 134 valence electrons. The highest BCUT2D eigenvalue weighted by Gasteiger charge is 2.22. The van der Waals surface area contributed by atoms with Crippen LogP contribution < -0.4 is 5.32 Å². The molecule has 3 rings (SSSR count). The number of halogens is 1. The van der Waals surface area contributed by atoms with Gasteiger partial charge in [-0.1, -0.05) is 24.3 Å². The van der Waals surface area contributed by atoms with Gasteiger partial charge in [-0.2, -0.15) is 4.68 Å². The minimum atomic E-state index is -0.632. The van der Waals surface area contributed by atoms with Gasteiger partial charge in [0.25, 0.3) is 5.91 Å². The lowest BCUT2D eigenvalue weighted by molar-refractivity contribution is 0.0634. The molecule has 0 aliphatic heterocycles. The predicted molar refractivity (Wildman–Crippen MR) is 103 cm³/mol. The summed E-state index contributed by atoms with van der Waals surface area (Å²) in [5.41, 5.74) is 0.441. The number of hydrogen-bond acceptors (Lipinski definition) is 4. The molecule has 6 nitrogen and oxygen atoms in total. The molecule has 2 aromatic carbocycles. The highest BCUT2D eigenvalue weighted by Crippen LogP contribution is 2.25. The zero-order valence-corrected chi connectivity index (χ0v) is 16.2. The van der Waals surface area contributed by atoms with Crippen molar-refractivity contribution in [3.8, 4) is 0 Å². The lowest BCUT2D eigenvalue weighted by atomic mass is 10.2. The van der Waals surface area contributed by atoms with E-state index in [2.05, 4.69) is 26.3 Å². The largest absolute Gasteiger partial charge is 0.444 e. The average molecular weight is 416 g/mol. The smallest absolute Gasteiger partial charge is 0.413 e. The van der Waals surface area contributed by atoms with Crippen molar-refractivity contribution in [2.45, 2.75) is 26.4 Å². The van der Waals surface area contributed by atoms with Gasteiger partial charge in [-0.3, -0.25) is 10.1 Å². The molecule has 26 heavy (non-hydrogen) atoms. The molecule has 0 spiro atoms. The van der Waals surface area contributed by atoms with Crippen molar-refractivity contribution in [2.75, 3.05) is 5.32 Å². The van der Waals surface area contributed by atoms with Crippen LogP contribution in [0.4, 0.5) is 10.6 Å². The third-order valence-electron chi connectivity index (χ3n) is 3.50. The van der Waals surface area contributed by atoms with Crippen LogP contribution in [0.15, 0.2) is 53.0 Å². The second-order valence-electron chi connectivity index (χ2n) is 6.69. The summed E-state index contributed by atoms with van der Waals surface area (Å²) < 4.78 is 7.22. The zero-order valence-electron chi connectivity index (χ0n) is 14.6. The van der Waals surface area contributed by atoms with Crippen molar-refractivity contribution in [3.05, 3.63) is 58.6 Å². The Kier molecular flexibility index (Phi) is 4.82. The average Bonchev–Trinajstić information content (AvgIpc) is 2.92. The Hall–Kier alpha value is -2.67. The van der Waals surface area contributed by atoms with Crippen LogP contribution in [0.2, 0.25) is 0 Å². The summed E-state index contributed by atoms with van der Waals surface area (Å²) in [7, 11) is 0.